The van der Waals surface area contributed by atoms with Crippen LogP contribution in [0.15, 0.2) is 4.52 Å². The Labute approximate surface area is 112 Å². The molecule has 0 spiro atoms. The standard InChI is InChI=1S/C13H20N4O2/c1-16-5-6-18-11-8-17(7-10(11)16)13-14-12(15-19-13)9-3-2-4-9/h9-11H,2-8H2,1H3/t10-,11+/m0/s1. The molecule has 0 N–H and O–H groups in total. The van der Waals surface area contributed by atoms with Gasteiger partial charge in [-0.25, -0.2) is 0 Å². The average Bonchev–Trinajstić information content (AvgIpc) is 2.93. The fourth-order valence-corrected chi connectivity index (χ4v) is 3.20. The number of rotatable bonds is 2. The van der Waals surface area contributed by atoms with Crippen molar-refractivity contribution in [1.82, 2.24) is 15.0 Å². The van der Waals surface area contributed by atoms with Crippen molar-refractivity contribution >= 4 is 6.01 Å². The molecular formula is C13H20N4O2. The number of hydrogen-bond acceptors (Lipinski definition) is 6. The quantitative estimate of drug-likeness (QED) is 0.789. The Morgan fingerprint density at radius 2 is 2.16 bits per heavy atom. The van der Waals surface area contributed by atoms with Crippen LogP contribution in [-0.4, -0.2) is 60.5 Å². The lowest BCUT2D eigenvalue weighted by Gasteiger charge is -2.33. The predicted octanol–water partition coefficient (Wildman–Crippen LogP) is 0.856. The fraction of sp³-hybridized carbons (Fsp3) is 0.846. The van der Waals surface area contributed by atoms with E-state index in [0.29, 0.717) is 18.0 Å². The summed E-state index contributed by atoms with van der Waals surface area (Å²) in [6.45, 7) is 3.61. The van der Waals surface area contributed by atoms with E-state index in [0.717, 1.165) is 32.1 Å². The number of aromatic nitrogens is 2. The molecule has 2 aliphatic heterocycles. The van der Waals surface area contributed by atoms with Crippen LogP contribution in [0.1, 0.15) is 31.0 Å². The Kier molecular flexibility index (Phi) is 2.73. The Hall–Kier alpha value is -1.14. The molecule has 6 heteroatoms. The maximum absolute atomic E-state index is 5.84. The molecule has 0 unspecified atom stereocenters. The van der Waals surface area contributed by atoms with Crippen LogP contribution in [0, 0.1) is 0 Å². The third kappa shape index (κ3) is 1.94. The fourth-order valence-electron chi connectivity index (χ4n) is 3.20. The zero-order valence-corrected chi connectivity index (χ0v) is 11.3. The Morgan fingerprint density at radius 1 is 1.26 bits per heavy atom. The van der Waals surface area contributed by atoms with Crippen LogP contribution in [0.3, 0.4) is 0 Å². The number of ether oxygens (including phenoxy) is 1. The maximum Gasteiger partial charge on any atom is 0.324 e. The minimum Gasteiger partial charge on any atom is -0.373 e. The van der Waals surface area contributed by atoms with Crippen molar-refractivity contribution in [2.45, 2.75) is 37.3 Å². The van der Waals surface area contributed by atoms with Crippen molar-refractivity contribution in [1.29, 1.82) is 0 Å². The summed E-state index contributed by atoms with van der Waals surface area (Å²) in [7, 11) is 2.16. The zero-order chi connectivity index (χ0) is 12.8. The lowest BCUT2D eigenvalue weighted by Crippen LogP contribution is -2.48. The summed E-state index contributed by atoms with van der Waals surface area (Å²) in [5.74, 6) is 1.42. The van der Waals surface area contributed by atoms with E-state index >= 15 is 0 Å². The Bertz CT molecular complexity index is 459. The number of anilines is 1. The van der Waals surface area contributed by atoms with E-state index in [1.807, 2.05) is 0 Å². The van der Waals surface area contributed by atoms with Gasteiger partial charge in [-0.3, -0.25) is 4.90 Å². The highest BCUT2D eigenvalue weighted by atomic mass is 16.5. The van der Waals surface area contributed by atoms with Crippen LogP contribution in [0.25, 0.3) is 0 Å². The van der Waals surface area contributed by atoms with Gasteiger partial charge < -0.3 is 14.2 Å². The molecule has 2 saturated heterocycles. The molecule has 4 rings (SSSR count). The van der Waals surface area contributed by atoms with Gasteiger partial charge in [0.15, 0.2) is 5.82 Å². The summed E-state index contributed by atoms with van der Waals surface area (Å²) in [5, 5.41) is 4.14. The van der Waals surface area contributed by atoms with Crippen LogP contribution in [0.2, 0.25) is 0 Å². The first-order valence-corrected chi connectivity index (χ1v) is 7.21. The summed E-state index contributed by atoms with van der Waals surface area (Å²) >= 11 is 0. The SMILES string of the molecule is CN1CCO[C@@H]2CN(c3nc(C4CCC4)no3)C[C@@H]21. The van der Waals surface area contributed by atoms with Crippen LogP contribution in [0.4, 0.5) is 6.01 Å². The van der Waals surface area contributed by atoms with Crippen molar-refractivity contribution in [3.8, 4) is 0 Å². The number of hydrogen-bond donors (Lipinski definition) is 0. The second-order valence-electron chi connectivity index (χ2n) is 5.93. The monoisotopic (exact) mass is 264 g/mol. The molecule has 19 heavy (non-hydrogen) atoms. The lowest BCUT2D eigenvalue weighted by atomic mass is 9.85. The van der Waals surface area contributed by atoms with E-state index in [1.54, 1.807) is 0 Å². The lowest BCUT2D eigenvalue weighted by molar-refractivity contribution is -0.0362. The van der Waals surface area contributed by atoms with Gasteiger partial charge in [0.05, 0.1) is 25.3 Å². The van der Waals surface area contributed by atoms with Crippen molar-refractivity contribution in [3.05, 3.63) is 5.82 Å². The van der Waals surface area contributed by atoms with Crippen LogP contribution < -0.4 is 4.90 Å². The van der Waals surface area contributed by atoms with E-state index in [1.165, 1.54) is 19.3 Å². The first kappa shape index (κ1) is 11.7. The minimum absolute atomic E-state index is 0.276. The summed E-state index contributed by atoms with van der Waals surface area (Å²) in [4.78, 5) is 9.12. The predicted molar refractivity (Wildman–Crippen MR) is 69.3 cm³/mol. The molecule has 1 aliphatic carbocycles. The summed E-state index contributed by atoms with van der Waals surface area (Å²) < 4.78 is 11.3. The number of fused-ring (bicyclic) bond motifs is 1. The van der Waals surface area contributed by atoms with E-state index in [9.17, 15) is 0 Å². The maximum atomic E-state index is 5.84. The first-order chi connectivity index (χ1) is 9.31. The molecule has 104 valence electrons. The number of likely N-dealkylation sites (N-methyl/N-ethyl adjacent to an activating group) is 1. The van der Waals surface area contributed by atoms with Crippen molar-refractivity contribution in [2.24, 2.45) is 0 Å². The van der Waals surface area contributed by atoms with Crippen molar-refractivity contribution < 1.29 is 9.26 Å². The second-order valence-corrected chi connectivity index (χ2v) is 5.93. The van der Waals surface area contributed by atoms with E-state index in [4.69, 9.17) is 9.26 Å². The van der Waals surface area contributed by atoms with Gasteiger partial charge in [0.2, 0.25) is 0 Å². The average molecular weight is 264 g/mol. The molecule has 0 aromatic carbocycles. The van der Waals surface area contributed by atoms with Gasteiger partial charge >= 0.3 is 6.01 Å². The molecule has 3 fully saturated rings. The highest BCUT2D eigenvalue weighted by molar-refractivity contribution is 5.30. The van der Waals surface area contributed by atoms with Crippen LogP contribution in [0.5, 0.6) is 0 Å². The van der Waals surface area contributed by atoms with Crippen molar-refractivity contribution in [2.75, 3.05) is 38.2 Å². The summed E-state index contributed by atoms with van der Waals surface area (Å²) in [6, 6.07) is 1.13. The van der Waals surface area contributed by atoms with Gasteiger partial charge in [-0.1, -0.05) is 11.6 Å². The zero-order valence-electron chi connectivity index (χ0n) is 11.3. The topological polar surface area (TPSA) is 54.6 Å². The Balaban J connectivity index is 1.49. The minimum atomic E-state index is 0.276. The van der Waals surface area contributed by atoms with Gasteiger partial charge in [-0.2, -0.15) is 4.98 Å². The highest BCUT2D eigenvalue weighted by Gasteiger charge is 2.40. The largest absolute Gasteiger partial charge is 0.373 e. The molecule has 6 nitrogen and oxygen atoms in total. The smallest absolute Gasteiger partial charge is 0.324 e. The van der Waals surface area contributed by atoms with E-state index < -0.39 is 0 Å². The third-order valence-electron chi connectivity index (χ3n) is 4.75. The van der Waals surface area contributed by atoms with Gasteiger partial charge in [0.25, 0.3) is 0 Å². The molecule has 1 saturated carbocycles. The van der Waals surface area contributed by atoms with Crippen LogP contribution >= 0.6 is 0 Å². The molecule has 3 aliphatic rings. The van der Waals surface area contributed by atoms with E-state index in [-0.39, 0.29) is 6.10 Å². The Morgan fingerprint density at radius 3 is 2.89 bits per heavy atom. The van der Waals surface area contributed by atoms with Gasteiger partial charge in [-0.05, 0) is 19.9 Å². The molecule has 0 amide bonds. The third-order valence-corrected chi connectivity index (χ3v) is 4.75. The summed E-state index contributed by atoms with van der Waals surface area (Å²) in [6.07, 6.45) is 3.98. The molecule has 2 atom stereocenters. The highest BCUT2D eigenvalue weighted by Crippen LogP contribution is 2.35. The van der Waals surface area contributed by atoms with Gasteiger partial charge in [0.1, 0.15) is 0 Å². The van der Waals surface area contributed by atoms with E-state index in [2.05, 4.69) is 27.0 Å². The number of nitrogens with zero attached hydrogens (tertiary/aromatic N) is 4. The molecule has 0 radical (unpaired) electrons. The molecule has 0 bridgehead atoms. The molecular weight excluding hydrogens is 244 g/mol. The van der Waals surface area contributed by atoms with Crippen molar-refractivity contribution in [3.63, 3.8) is 0 Å². The normalized spacial score (nSPS) is 32.4. The molecule has 1 aromatic heterocycles. The molecule has 1 aromatic rings. The summed E-state index contributed by atoms with van der Waals surface area (Å²) in [5.41, 5.74) is 0. The van der Waals surface area contributed by atoms with Crippen LogP contribution in [-0.2, 0) is 4.74 Å². The first-order valence-electron chi connectivity index (χ1n) is 7.21. The van der Waals surface area contributed by atoms with Gasteiger partial charge in [0, 0.05) is 19.0 Å². The molecule has 3 heterocycles. The van der Waals surface area contributed by atoms with Gasteiger partial charge in [-0.15, -0.1) is 0 Å². The second kappa shape index (κ2) is 4.45. The number of morpholine rings is 1.